The molecule has 0 radical (unpaired) electrons. The van der Waals surface area contributed by atoms with Gasteiger partial charge in [-0.15, -0.1) is 0 Å². The van der Waals surface area contributed by atoms with Gasteiger partial charge in [0, 0.05) is 25.5 Å². The Labute approximate surface area is 169 Å². The summed E-state index contributed by atoms with van der Waals surface area (Å²) in [4.78, 5) is 24.9. The summed E-state index contributed by atoms with van der Waals surface area (Å²) in [5, 5.41) is 9.84. The van der Waals surface area contributed by atoms with Crippen LogP contribution in [0.15, 0.2) is 64.8 Å². The van der Waals surface area contributed by atoms with Crippen LogP contribution in [0.25, 0.3) is 0 Å². The smallest absolute Gasteiger partial charge is 0.175 e. The number of sulfone groups is 1. The average Bonchev–Trinajstić information content (AvgIpc) is 2.67. The minimum atomic E-state index is -3.28. The van der Waals surface area contributed by atoms with Gasteiger partial charge < -0.3 is 9.84 Å². The fourth-order valence-electron chi connectivity index (χ4n) is 3.34. The third kappa shape index (κ3) is 4.74. The first-order chi connectivity index (χ1) is 13.7. The Morgan fingerprint density at radius 2 is 1.66 bits per heavy atom. The first kappa shape index (κ1) is 20.8. The van der Waals surface area contributed by atoms with Crippen LogP contribution in [-0.2, 0) is 19.4 Å². The van der Waals surface area contributed by atoms with Crippen LogP contribution in [0.2, 0.25) is 0 Å². The first-order valence-electron chi connectivity index (χ1n) is 9.25. The highest BCUT2D eigenvalue weighted by molar-refractivity contribution is 7.90. The number of ether oxygens (including phenoxy) is 1. The van der Waals surface area contributed by atoms with Crippen molar-refractivity contribution in [3.05, 3.63) is 65.4 Å². The summed E-state index contributed by atoms with van der Waals surface area (Å²) in [6, 6.07) is 13.2. The van der Waals surface area contributed by atoms with Gasteiger partial charge >= 0.3 is 0 Å². The molecule has 2 aromatic carbocycles. The number of carbonyl (C=O) groups excluding carboxylic acids is 2. The van der Waals surface area contributed by atoms with Crippen molar-refractivity contribution in [1.82, 2.24) is 0 Å². The lowest BCUT2D eigenvalue weighted by Gasteiger charge is -2.23. The van der Waals surface area contributed by atoms with E-state index < -0.39 is 9.84 Å². The van der Waals surface area contributed by atoms with Gasteiger partial charge in [0.05, 0.1) is 10.5 Å². The van der Waals surface area contributed by atoms with Gasteiger partial charge in [-0.05, 0) is 47.9 Å². The number of benzene rings is 2. The van der Waals surface area contributed by atoms with Gasteiger partial charge in [0.2, 0.25) is 0 Å². The molecule has 1 fully saturated rings. The van der Waals surface area contributed by atoms with E-state index in [9.17, 15) is 23.1 Å². The Kier molecular flexibility index (Phi) is 5.88. The zero-order valence-electron chi connectivity index (χ0n) is 16.2. The molecular formula is C22H22O6S. The zero-order chi connectivity index (χ0) is 21.2. The molecule has 1 saturated carbocycles. The molecule has 0 amide bonds. The molecule has 1 aliphatic carbocycles. The van der Waals surface area contributed by atoms with E-state index in [1.165, 1.54) is 12.1 Å². The topological polar surface area (TPSA) is 97.7 Å². The number of aliphatic hydroxyl groups excluding tert-OH is 1. The lowest BCUT2D eigenvalue weighted by molar-refractivity contribution is -0.124. The Balaban J connectivity index is 1.78. The van der Waals surface area contributed by atoms with E-state index in [1.54, 1.807) is 37.3 Å². The molecule has 1 aliphatic rings. The summed E-state index contributed by atoms with van der Waals surface area (Å²) in [5.74, 6) is -0.107. The normalized spacial score (nSPS) is 17.3. The van der Waals surface area contributed by atoms with E-state index in [4.69, 9.17) is 4.74 Å². The van der Waals surface area contributed by atoms with Crippen LogP contribution in [0.3, 0.4) is 0 Å². The van der Waals surface area contributed by atoms with Crippen LogP contribution < -0.4 is 4.74 Å². The van der Waals surface area contributed by atoms with Gasteiger partial charge in [0.1, 0.15) is 17.3 Å². The third-order valence-corrected chi connectivity index (χ3v) is 5.99. The maximum atomic E-state index is 12.4. The molecule has 1 N–H and O–H groups in total. The van der Waals surface area contributed by atoms with Crippen LogP contribution in [0.1, 0.15) is 37.7 Å². The molecule has 29 heavy (non-hydrogen) atoms. The Morgan fingerprint density at radius 3 is 2.21 bits per heavy atom. The molecule has 0 aliphatic heterocycles. The number of allylic oxidation sites excluding steroid dienone is 2. The molecule has 0 spiro atoms. The quantitative estimate of drug-likeness (QED) is 0.449. The van der Waals surface area contributed by atoms with Crippen molar-refractivity contribution in [1.29, 1.82) is 0 Å². The van der Waals surface area contributed by atoms with Gasteiger partial charge in [-0.3, -0.25) is 9.59 Å². The summed E-state index contributed by atoms with van der Waals surface area (Å²) in [7, 11) is -3.28. The van der Waals surface area contributed by atoms with E-state index in [-0.39, 0.29) is 53.0 Å². The number of aliphatic hydroxyl groups is 1. The van der Waals surface area contributed by atoms with Crippen molar-refractivity contribution in [2.24, 2.45) is 0 Å². The third-order valence-electron chi connectivity index (χ3n) is 4.86. The molecule has 3 rings (SSSR count). The van der Waals surface area contributed by atoms with Crippen LogP contribution in [0.4, 0.5) is 0 Å². The monoisotopic (exact) mass is 414 g/mol. The van der Waals surface area contributed by atoms with E-state index in [1.807, 2.05) is 6.07 Å². The number of rotatable bonds is 5. The molecule has 0 unspecified atom stereocenters. The first-order valence-corrected chi connectivity index (χ1v) is 11.1. The minimum Gasteiger partial charge on any atom is -0.511 e. The molecule has 0 saturated heterocycles. The Morgan fingerprint density at radius 1 is 1.03 bits per heavy atom. The highest BCUT2D eigenvalue weighted by Crippen LogP contribution is 2.35. The molecule has 2 aromatic rings. The van der Waals surface area contributed by atoms with Crippen LogP contribution in [-0.4, -0.2) is 31.3 Å². The molecule has 0 aromatic heterocycles. The number of hydrogen-bond acceptors (Lipinski definition) is 6. The largest absolute Gasteiger partial charge is 0.511 e. The molecular weight excluding hydrogens is 392 g/mol. The molecule has 6 nitrogen and oxygen atoms in total. The van der Waals surface area contributed by atoms with Gasteiger partial charge in [0.25, 0.3) is 0 Å². The van der Waals surface area contributed by atoms with Gasteiger partial charge in [-0.2, -0.15) is 0 Å². The van der Waals surface area contributed by atoms with E-state index in [0.29, 0.717) is 11.5 Å². The van der Waals surface area contributed by atoms with E-state index in [2.05, 4.69) is 0 Å². The predicted molar refractivity (Wildman–Crippen MR) is 108 cm³/mol. The van der Waals surface area contributed by atoms with Crippen LogP contribution >= 0.6 is 0 Å². The maximum Gasteiger partial charge on any atom is 0.175 e. The molecule has 152 valence electrons. The van der Waals surface area contributed by atoms with Crippen molar-refractivity contribution in [2.45, 2.75) is 37.0 Å². The zero-order valence-corrected chi connectivity index (χ0v) is 17.0. The number of hydrogen-bond donors (Lipinski definition) is 1. The molecule has 7 heteroatoms. The summed E-state index contributed by atoms with van der Waals surface area (Å²) >= 11 is 0. The summed E-state index contributed by atoms with van der Waals surface area (Å²) in [6.07, 6.45) is 1.69. The van der Waals surface area contributed by atoms with Crippen molar-refractivity contribution < 1.29 is 27.9 Å². The van der Waals surface area contributed by atoms with Gasteiger partial charge in [-0.1, -0.05) is 19.1 Å². The fraction of sp³-hybridized carbons (Fsp3) is 0.273. The van der Waals surface area contributed by atoms with Crippen molar-refractivity contribution >= 4 is 21.4 Å². The summed E-state index contributed by atoms with van der Waals surface area (Å²) in [6.45, 7) is 1.69. The summed E-state index contributed by atoms with van der Waals surface area (Å²) < 4.78 is 28.9. The SMILES string of the molecule is CCC(O)=C1C(=O)CC(c2cccc(Oc3ccc(S(C)(=O)=O)cc3)c2)CC1=O. The Hall–Kier alpha value is -2.93. The maximum absolute atomic E-state index is 12.4. The second-order valence-electron chi connectivity index (χ2n) is 7.04. The number of carbonyl (C=O) groups is 2. The Bertz CT molecular complexity index is 1060. The van der Waals surface area contributed by atoms with Gasteiger partial charge in [0.15, 0.2) is 21.4 Å². The lowest BCUT2D eigenvalue weighted by atomic mass is 9.79. The minimum absolute atomic E-state index is 0.0675. The number of Topliss-reactive ketones (excluding diaryl/α,β-unsaturated/α-hetero) is 2. The van der Waals surface area contributed by atoms with Crippen molar-refractivity contribution in [3.63, 3.8) is 0 Å². The van der Waals surface area contributed by atoms with Gasteiger partial charge in [-0.25, -0.2) is 8.42 Å². The average molecular weight is 414 g/mol. The van der Waals surface area contributed by atoms with Crippen LogP contribution in [0, 0.1) is 0 Å². The standard InChI is InChI=1S/C22H22O6S/c1-3-19(23)22-20(24)12-15(13-21(22)25)14-5-4-6-17(11-14)28-16-7-9-18(10-8-16)29(2,26)27/h4-11,15,23H,3,12-13H2,1-2H3. The summed E-state index contributed by atoms with van der Waals surface area (Å²) in [5.41, 5.74) is 0.731. The van der Waals surface area contributed by atoms with Crippen LogP contribution in [0.5, 0.6) is 11.5 Å². The second kappa shape index (κ2) is 8.21. The predicted octanol–water partition coefficient (Wildman–Crippen LogP) is 4.12. The van der Waals surface area contributed by atoms with Crippen molar-refractivity contribution in [3.8, 4) is 11.5 Å². The highest BCUT2D eigenvalue weighted by Gasteiger charge is 2.33. The lowest BCUT2D eigenvalue weighted by Crippen LogP contribution is -2.26. The molecule has 0 atom stereocenters. The second-order valence-corrected chi connectivity index (χ2v) is 9.06. The van der Waals surface area contributed by atoms with E-state index >= 15 is 0 Å². The molecule has 0 bridgehead atoms. The molecule has 0 heterocycles. The highest BCUT2D eigenvalue weighted by atomic mass is 32.2. The number of ketones is 2. The fourth-order valence-corrected chi connectivity index (χ4v) is 3.97. The van der Waals surface area contributed by atoms with Crippen molar-refractivity contribution in [2.75, 3.05) is 6.26 Å². The van der Waals surface area contributed by atoms with E-state index in [0.717, 1.165) is 11.8 Å².